The Hall–Kier alpha value is -0.610. The lowest BCUT2D eigenvalue weighted by Crippen LogP contribution is -2.46. The van der Waals surface area contributed by atoms with Crippen LogP contribution in [0.25, 0.3) is 0 Å². The van der Waals surface area contributed by atoms with Crippen LogP contribution in [0.1, 0.15) is 26.2 Å². The summed E-state index contributed by atoms with van der Waals surface area (Å²) in [6.07, 6.45) is 1.19. The summed E-state index contributed by atoms with van der Waals surface area (Å²) < 4.78 is 0. The van der Waals surface area contributed by atoms with E-state index < -0.39 is 12.2 Å². The molecule has 0 saturated carbocycles. The number of carbonyl (C=O) groups is 1. The van der Waals surface area contributed by atoms with Gasteiger partial charge in [0.2, 0.25) is 6.29 Å². The molecule has 1 heterocycles. The number of aliphatic hydroxyl groups excluding tert-OH is 1. The lowest BCUT2D eigenvalue weighted by Gasteiger charge is -2.33. The fourth-order valence-corrected chi connectivity index (χ4v) is 1.57. The lowest BCUT2D eigenvalue weighted by molar-refractivity contribution is -0.162. The number of carbonyl (C=O) groups excluding carboxylic acids is 1. The maximum atomic E-state index is 11.1. The van der Waals surface area contributed by atoms with E-state index in [0.717, 1.165) is 19.3 Å². The molecule has 1 amide bonds. The molecule has 12 heavy (non-hydrogen) atoms. The van der Waals surface area contributed by atoms with Crippen LogP contribution in [0.2, 0.25) is 0 Å². The molecule has 1 atom stereocenters. The highest BCUT2D eigenvalue weighted by Crippen LogP contribution is 2.16. The molecule has 1 aliphatic rings. The van der Waals surface area contributed by atoms with Gasteiger partial charge in [0, 0.05) is 12.6 Å². The standard InChI is InChI=1S/C8H15NO3/c1-6-4-2-3-5-9(6)7(10)8(11)12/h6,8,11-12H,2-5H2,1H3. The third kappa shape index (κ3) is 1.95. The Kier molecular flexibility index (Phi) is 3.05. The Bertz CT molecular complexity index is 170. The van der Waals surface area contributed by atoms with Crippen molar-refractivity contribution in [2.24, 2.45) is 0 Å². The average molecular weight is 173 g/mol. The molecule has 1 aliphatic heterocycles. The number of piperidine rings is 1. The summed E-state index contributed by atoms with van der Waals surface area (Å²) >= 11 is 0. The summed E-state index contributed by atoms with van der Waals surface area (Å²) in [5, 5.41) is 17.3. The van der Waals surface area contributed by atoms with Crippen molar-refractivity contribution in [2.45, 2.75) is 38.5 Å². The largest absolute Gasteiger partial charge is 0.361 e. The van der Waals surface area contributed by atoms with Gasteiger partial charge in [-0.2, -0.15) is 0 Å². The van der Waals surface area contributed by atoms with Crippen LogP contribution in [0.4, 0.5) is 0 Å². The van der Waals surface area contributed by atoms with E-state index in [9.17, 15) is 4.79 Å². The van der Waals surface area contributed by atoms with Gasteiger partial charge in [-0.05, 0) is 26.2 Å². The first kappa shape index (κ1) is 9.48. The van der Waals surface area contributed by atoms with E-state index in [1.165, 1.54) is 4.90 Å². The summed E-state index contributed by atoms with van der Waals surface area (Å²) in [5.74, 6) is -0.567. The normalized spacial score (nSPS) is 24.7. The molecule has 1 saturated heterocycles. The molecule has 0 bridgehead atoms. The molecule has 1 fully saturated rings. The zero-order chi connectivity index (χ0) is 9.14. The van der Waals surface area contributed by atoms with Gasteiger partial charge in [-0.3, -0.25) is 4.79 Å². The summed E-state index contributed by atoms with van der Waals surface area (Å²) in [4.78, 5) is 12.7. The van der Waals surface area contributed by atoms with Crippen molar-refractivity contribution < 1.29 is 15.0 Å². The molecule has 0 spiro atoms. The number of likely N-dealkylation sites (tertiary alicyclic amines) is 1. The molecule has 4 nitrogen and oxygen atoms in total. The van der Waals surface area contributed by atoms with Gasteiger partial charge in [-0.15, -0.1) is 0 Å². The van der Waals surface area contributed by atoms with Crippen molar-refractivity contribution in [1.82, 2.24) is 4.90 Å². The van der Waals surface area contributed by atoms with Crippen LogP contribution in [-0.2, 0) is 4.79 Å². The third-order valence-corrected chi connectivity index (χ3v) is 2.31. The first-order valence-corrected chi connectivity index (χ1v) is 4.29. The second-order valence-corrected chi connectivity index (χ2v) is 3.25. The molecule has 0 radical (unpaired) electrons. The van der Waals surface area contributed by atoms with Crippen LogP contribution >= 0.6 is 0 Å². The molecule has 4 heteroatoms. The van der Waals surface area contributed by atoms with Gasteiger partial charge in [-0.25, -0.2) is 0 Å². The van der Waals surface area contributed by atoms with Crippen LogP contribution in [0.3, 0.4) is 0 Å². The Labute approximate surface area is 71.8 Å². The van der Waals surface area contributed by atoms with E-state index in [-0.39, 0.29) is 6.04 Å². The lowest BCUT2D eigenvalue weighted by atomic mass is 10.0. The van der Waals surface area contributed by atoms with Crippen LogP contribution in [-0.4, -0.2) is 39.9 Å². The molecule has 0 aliphatic carbocycles. The van der Waals surface area contributed by atoms with E-state index in [4.69, 9.17) is 10.2 Å². The van der Waals surface area contributed by atoms with Crippen molar-refractivity contribution in [3.8, 4) is 0 Å². The van der Waals surface area contributed by atoms with Gasteiger partial charge in [0.1, 0.15) is 0 Å². The first-order chi connectivity index (χ1) is 5.63. The summed E-state index contributed by atoms with van der Waals surface area (Å²) in [6, 6.07) is 0.146. The molecular formula is C8H15NO3. The zero-order valence-electron chi connectivity index (χ0n) is 7.23. The number of aliphatic hydroxyl groups is 2. The smallest absolute Gasteiger partial charge is 0.279 e. The zero-order valence-corrected chi connectivity index (χ0v) is 7.23. The SMILES string of the molecule is CC1CCCCN1C(=O)C(O)O. The average Bonchev–Trinajstić information content (AvgIpc) is 2.04. The van der Waals surface area contributed by atoms with Crippen molar-refractivity contribution in [1.29, 1.82) is 0 Å². The number of rotatable bonds is 1. The second-order valence-electron chi connectivity index (χ2n) is 3.25. The molecule has 70 valence electrons. The van der Waals surface area contributed by atoms with Crippen molar-refractivity contribution >= 4 is 5.91 Å². The van der Waals surface area contributed by atoms with Crippen LogP contribution in [0.15, 0.2) is 0 Å². The summed E-state index contributed by atoms with van der Waals surface area (Å²) in [7, 11) is 0. The maximum absolute atomic E-state index is 11.1. The molecule has 0 aromatic rings. The van der Waals surface area contributed by atoms with E-state index in [1.807, 2.05) is 6.92 Å². The number of hydrogen-bond donors (Lipinski definition) is 2. The summed E-state index contributed by atoms with van der Waals surface area (Å²) in [5.41, 5.74) is 0. The van der Waals surface area contributed by atoms with Crippen molar-refractivity contribution in [3.05, 3.63) is 0 Å². The highest BCUT2D eigenvalue weighted by molar-refractivity contribution is 5.79. The van der Waals surface area contributed by atoms with Crippen LogP contribution < -0.4 is 0 Å². The molecule has 0 aromatic carbocycles. The quantitative estimate of drug-likeness (QED) is 0.535. The van der Waals surface area contributed by atoms with Crippen molar-refractivity contribution in [2.75, 3.05) is 6.54 Å². The maximum Gasteiger partial charge on any atom is 0.279 e. The predicted octanol–water partition coefficient (Wildman–Crippen LogP) is -0.302. The predicted molar refractivity (Wildman–Crippen MR) is 43.3 cm³/mol. The van der Waals surface area contributed by atoms with Gasteiger partial charge < -0.3 is 15.1 Å². The number of hydrogen-bond acceptors (Lipinski definition) is 3. The van der Waals surface area contributed by atoms with Gasteiger partial charge in [0.15, 0.2) is 0 Å². The monoisotopic (exact) mass is 173 g/mol. The molecule has 0 aromatic heterocycles. The van der Waals surface area contributed by atoms with E-state index in [0.29, 0.717) is 6.54 Å². The van der Waals surface area contributed by atoms with E-state index in [1.54, 1.807) is 0 Å². The Morgan fingerprint density at radius 1 is 1.50 bits per heavy atom. The van der Waals surface area contributed by atoms with Gasteiger partial charge >= 0.3 is 0 Å². The minimum atomic E-state index is -1.84. The topological polar surface area (TPSA) is 60.8 Å². The summed E-state index contributed by atoms with van der Waals surface area (Å²) in [6.45, 7) is 2.58. The van der Waals surface area contributed by atoms with Crippen LogP contribution in [0.5, 0.6) is 0 Å². The van der Waals surface area contributed by atoms with Gasteiger partial charge in [-0.1, -0.05) is 0 Å². The number of nitrogens with zero attached hydrogens (tertiary/aromatic N) is 1. The minimum Gasteiger partial charge on any atom is -0.361 e. The van der Waals surface area contributed by atoms with Gasteiger partial charge in [0.25, 0.3) is 5.91 Å². The molecule has 1 rings (SSSR count). The first-order valence-electron chi connectivity index (χ1n) is 4.29. The van der Waals surface area contributed by atoms with E-state index in [2.05, 4.69) is 0 Å². The fraction of sp³-hybridized carbons (Fsp3) is 0.875. The van der Waals surface area contributed by atoms with Gasteiger partial charge in [0.05, 0.1) is 0 Å². The Morgan fingerprint density at radius 3 is 2.67 bits per heavy atom. The molecule has 1 unspecified atom stereocenters. The third-order valence-electron chi connectivity index (χ3n) is 2.31. The van der Waals surface area contributed by atoms with Crippen molar-refractivity contribution in [3.63, 3.8) is 0 Å². The molecule has 2 N–H and O–H groups in total. The van der Waals surface area contributed by atoms with Crippen LogP contribution in [0, 0.1) is 0 Å². The number of amides is 1. The fourth-order valence-electron chi connectivity index (χ4n) is 1.57. The Morgan fingerprint density at radius 2 is 2.17 bits per heavy atom. The molecular weight excluding hydrogens is 158 g/mol. The minimum absolute atomic E-state index is 0.146. The second kappa shape index (κ2) is 3.87. The highest BCUT2D eigenvalue weighted by Gasteiger charge is 2.26. The highest BCUT2D eigenvalue weighted by atomic mass is 16.5. The van der Waals surface area contributed by atoms with E-state index >= 15 is 0 Å². The Balaban J connectivity index is 2.53.